The molecule has 0 bridgehead atoms. The van der Waals surface area contributed by atoms with E-state index >= 15 is 0 Å². The zero-order valence-electron chi connectivity index (χ0n) is 12.1. The van der Waals surface area contributed by atoms with E-state index in [1.54, 1.807) is 18.3 Å². The number of pyridine rings is 1. The molecule has 0 atom stereocenters. The van der Waals surface area contributed by atoms with E-state index < -0.39 is 10.0 Å². The molecule has 112 valence electrons. The summed E-state index contributed by atoms with van der Waals surface area (Å²) < 4.78 is 25.7. The predicted molar refractivity (Wildman–Crippen MR) is 86.4 cm³/mol. The Morgan fingerprint density at radius 1 is 1.05 bits per heavy atom. The maximum absolute atomic E-state index is 11.6. The Hall–Kier alpha value is -2.08. The molecule has 1 aromatic heterocycles. The van der Waals surface area contributed by atoms with Crippen LogP contribution in [0.5, 0.6) is 0 Å². The maximum atomic E-state index is 11.6. The van der Waals surface area contributed by atoms with Crippen LogP contribution in [0.4, 0.5) is 17.2 Å². The van der Waals surface area contributed by atoms with E-state index in [1.165, 1.54) is 5.56 Å². The molecule has 6 heteroatoms. The van der Waals surface area contributed by atoms with Gasteiger partial charge in [-0.2, -0.15) is 0 Å². The average Bonchev–Trinajstić information content (AvgIpc) is 2.43. The lowest BCUT2D eigenvalue weighted by atomic mass is 10.2. The van der Waals surface area contributed by atoms with Crippen LogP contribution >= 0.6 is 0 Å². The third kappa shape index (κ3) is 4.75. The van der Waals surface area contributed by atoms with E-state index in [0.29, 0.717) is 12.2 Å². The second-order valence-electron chi connectivity index (χ2n) is 4.84. The number of nitrogens with zero attached hydrogens (tertiary/aromatic N) is 1. The fraction of sp³-hybridized carbons (Fsp3) is 0.267. The van der Waals surface area contributed by atoms with Gasteiger partial charge < -0.3 is 5.32 Å². The van der Waals surface area contributed by atoms with E-state index in [2.05, 4.69) is 15.0 Å². The second-order valence-corrected chi connectivity index (χ2v) is 6.69. The lowest BCUT2D eigenvalue weighted by molar-refractivity contribution is 0.599. The summed E-state index contributed by atoms with van der Waals surface area (Å²) >= 11 is 0. The molecule has 2 rings (SSSR count). The molecule has 21 heavy (non-hydrogen) atoms. The van der Waals surface area contributed by atoms with Gasteiger partial charge in [-0.15, -0.1) is 0 Å². The number of hydrogen-bond acceptors (Lipinski definition) is 4. The van der Waals surface area contributed by atoms with Gasteiger partial charge in [0.2, 0.25) is 10.0 Å². The van der Waals surface area contributed by atoms with Crippen molar-refractivity contribution in [2.24, 2.45) is 0 Å². The van der Waals surface area contributed by atoms with Crippen LogP contribution in [0, 0.1) is 6.92 Å². The van der Waals surface area contributed by atoms with Crippen molar-refractivity contribution in [3.8, 4) is 0 Å². The Balaban J connectivity index is 2.03. The van der Waals surface area contributed by atoms with E-state index in [4.69, 9.17) is 0 Å². The molecule has 0 unspecified atom stereocenters. The van der Waals surface area contributed by atoms with Crippen molar-refractivity contribution >= 4 is 27.2 Å². The van der Waals surface area contributed by atoms with E-state index in [1.807, 2.05) is 38.1 Å². The minimum absolute atomic E-state index is 0.0953. The molecule has 0 amide bonds. The molecule has 0 fully saturated rings. The monoisotopic (exact) mass is 305 g/mol. The van der Waals surface area contributed by atoms with Crippen molar-refractivity contribution in [3.63, 3.8) is 0 Å². The number of benzene rings is 1. The van der Waals surface area contributed by atoms with Crippen LogP contribution in [-0.2, 0) is 10.0 Å². The van der Waals surface area contributed by atoms with Gasteiger partial charge in [0, 0.05) is 5.69 Å². The average molecular weight is 305 g/mol. The zero-order chi connectivity index (χ0) is 15.3. The predicted octanol–water partition coefficient (Wildman–Crippen LogP) is 3.29. The third-order valence-corrected chi connectivity index (χ3v) is 4.30. The Labute approximate surface area is 125 Å². The van der Waals surface area contributed by atoms with Crippen molar-refractivity contribution < 1.29 is 8.42 Å². The number of aryl methyl sites for hydroxylation is 1. The number of sulfonamides is 1. The summed E-state index contributed by atoms with van der Waals surface area (Å²) in [7, 11) is -3.29. The number of hydrogen-bond donors (Lipinski definition) is 2. The van der Waals surface area contributed by atoms with Crippen LogP contribution in [0.3, 0.4) is 0 Å². The molecule has 5 nitrogen and oxygen atoms in total. The van der Waals surface area contributed by atoms with Crippen LogP contribution in [-0.4, -0.2) is 19.2 Å². The molecule has 0 aliphatic heterocycles. The highest BCUT2D eigenvalue weighted by Crippen LogP contribution is 2.17. The van der Waals surface area contributed by atoms with Gasteiger partial charge in [0.05, 0.1) is 17.6 Å². The quantitative estimate of drug-likeness (QED) is 0.859. The molecule has 1 aromatic carbocycles. The van der Waals surface area contributed by atoms with Crippen LogP contribution < -0.4 is 10.0 Å². The van der Waals surface area contributed by atoms with E-state index in [-0.39, 0.29) is 5.75 Å². The van der Waals surface area contributed by atoms with Gasteiger partial charge >= 0.3 is 0 Å². The van der Waals surface area contributed by atoms with Gasteiger partial charge in [-0.3, -0.25) is 4.72 Å². The summed E-state index contributed by atoms with van der Waals surface area (Å²) in [6.45, 7) is 3.85. The summed E-state index contributed by atoms with van der Waals surface area (Å²) in [5.41, 5.74) is 2.96. The summed E-state index contributed by atoms with van der Waals surface area (Å²) in [4.78, 5) is 4.11. The molecule has 0 aliphatic carbocycles. The van der Waals surface area contributed by atoms with Crippen molar-refractivity contribution in [1.29, 1.82) is 0 Å². The first kappa shape index (κ1) is 15.3. The van der Waals surface area contributed by atoms with Gasteiger partial charge in [0.1, 0.15) is 5.82 Å². The Morgan fingerprint density at radius 2 is 1.71 bits per heavy atom. The highest BCUT2D eigenvalue weighted by atomic mass is 32.2. The van der Waals surface area contributed by atoms with Crippen LogP contribution in [0.15, 0.2) is 42.6 Å². The molecule has 2 aromatic rings. The maximum Gasteiger partial charge on any atom is 0.233 e. The van der Waals surface area contributed by atoms with E-state index in [9.17, 15) is 8.42 Å². The minimum atomic E-state index is -3.29. The summed E-state index contributed by atoms with van der Waals surface area (Å²) in [6.07, 6.45) is 2.17. The van der Waals surface area contributed by atoms with Crippen LogP contribution in [0.1, 0.15) is 18.9 Å². The molecular formula is C15H19N3O2S. The van der Waals surface area contributed by atoms with Crippen LogP contribution in [0.25, 0.3) is 0 Å². The summed E-state index contributed by atoms with van der Waals surface area (Å²) in [6, 6.07) is 11.4. The largest absolute Gasteiger partial charge is 0.354 e. The number of rotatable bonds is 6. The topological polar surface area (TPSA) is 71.1 Å². The molecule has 2 N–H and O–H groups in total. The summed E-state index contributed by atoms with van der Waals surface area (Å²) in [5.74, 6) is 0.427. The number of anilines is 3. The SMILES string of the molecule is CCCS(=O)(=O)Nc1ccc(Nc2ccc(C)cc2)cn1. The van der Waals surface area contributed by atoms with Crippen LogP contribution in [0.2, 0.25) is 0 Å². The molecule has 0 saturated carbocycles. The standard InChI is InChI=1S/C15H19N3O2S/c1-3-10-21(19,20)18-15-9-8-14(11-16-15)17-13-6-4-12(2)5-7-13/h4-9,11,17H,3,10H2,1-2H3,(H,16,18). The number of nitrogens with one attached hydrogen (secondary N) is 2. The van der Waals surface area contributed by atoms with Gasteiger partial charge in [-0.1, -0.05) is 24.6 Å². The van der Waals surface area contributed by atoms with Crippen molar-refractivity contribution in [1.82, 2.24) is 4.98 Å². The minimum Gasteiger partial charge on any atom is -0.354 e. The second kappa shape index (κ2) is 6.58. The van der Waals surface area contributed by atoms with Crippen molar-refractivity contribution in [2.45, 2.75) is 20.3 Å². The number of aromatic nitrogens is 1. The first-order valence-electron chi connectivity index (χ1n) is 6.79. The molecule has 0 spiro atoms. The smallest absolute Gasteiger partial charge is 0.233 e. The molecule has 0 saturated heterocycles. The van der Waals surface area contributed by atoms with Gasteiger partial charge in [0.25, 0.3) is 0 Å². The van der Waals surface area contributed by atoms with E-state index in [0.717, 1.165) is 11.4 Å². The molecule has 1 heterocycles. The molecule has 0 radical (unpaired) electrons. The van der Waals surface area contributed by atoms with Crippen molar-refractivity contribution in [3.05, 3.63) is 48.2 Å². The highest BCUT2D eigenvalue weighted by molar-refractivity contribution is 7.92. The first-order valence-corrected chi connectivity index (χ1v) is 8.44. The first-order chi connectivity index (χ1) is 9.98. The molecule has 0 aliphatic rings. The highest BCUT2D eigenvalue weighted by Gasteiger charge is 2.09. The zero-order valence-corrected chi connectivity index (χ0v) is 12.9. The van der Waals surface area contributed by atoms with Gasteiger partial charge in [-0.05, 0) is 37.6 Å². The summed E-state index contributed by atoms with van der Waals surface area (Å²) in [5, 5.41) is 3.21. The Kier molecular flexibility index (Phi) is 4.80. The lowest BCUT2D eigenvalue weighted by Gasteiger charge is -2.09. The lowest BCUT2D eigenvalue weighted by Crippen LogP contribution is -2.16. The Morgan fingerprint density at radius 3 is 2.29 bits per heavy atom. The normalized spacial score (nSPS) is 11.1. The van der Waals surface area contributed by atoms with Gasteiger partial charge in [-0.25, -0.2) is 13.4 Å². The van der Waals surface area contributed by atoms with Crippen molar-refractivity contribution in [2.75, 3.05) is 15.8 Å². The Bertz CT molecular complexity index is 680. The fourth-order valence-corrected chi connectivity index (χ4v) is 2.89. The molecular weight excluding hydrogens is 286 g/mol. The fourth-order valence-electron chi connectivity index (χ4n) is 1.81. The van der Waals surface area contributed by atoms with Gasteiger partial charge in [0.15, 0.2) is 0 Å². The third-order valence-electron chi connectivity index (χ3n) is 2.84.